The lowest BCUT2D eigenvalue weighted by atomic mass is 9.86. The average Bonchev–Trinajstić information content (AvgIpc) is 2.80. The first-order valence-electron chi connectivity index (χ1n) is 11.1. The number of methoxy groups -OCH3 is 1. The summed E-state index contributed by atoms with van der Waals surface area (Å²) >= 11 is 0. The molecule has 0 amide bonds. The van der Waals surface area contributed by atoms with Crippen molar-refractivity contribution in [1.29, 1.82) is 0 Å². The lowest BCUT2D eigenvalue weighted by Gasteiger charge is -2.36. The van der Waals surface area contributed by atoms with Crippen LogP contribution in [0, 0.1) is 5.92 Å². The van der Waals surface area contributed by atoms with Gasteiger partial charge in [-0.1, -0.05) is 30.3 Å². The Balaban J connectivity index is 1.36. The van der Waals surface area contributed by atoms with E-state index in [-0.39, 0.29) is 6.04 Å². The second-order valence-electron chi connectivity index (χ2n) is 8.55. The van der Waals surface area contributed by atoms with E-state index >= 15 is 0 Å². The van der Waals surface area contributed by atoms with E-state index in [0.717, 1.165) is 63.5 Å². The van der Waals surface area contributed by atoms with Crippen molar-refractivity contribution in [2.24, 2.45) is 11.7 Å². The molecule has 1 unspecified atom stereocenters. The van der Waals surface area contributed by atoms with E-state index in [1.807, 2.05) is 6.07 Å². The number of anilines is 2. The minimum atomic E-state index is 0.123. The number of hydrogen-bond acceptors (Lipinski definition) is 6. The van der Waals surface area contributed by atoms with Crippen LogP contribution < -0.4 is 20.8 Å². The highest BCUT2D eigenvalue weighted by molar-refractivity contribution is 5.66. The summed E-state index contributed by atoms with van der Waals surface area (Å²) in [6.45, 7) is 6.21. The maximum atomic E-state index is 6.55. The molecule has 0 bridgehead atoms. The first-order chi connectivity index (χ1) is 14.6. The van der Waals surface area contributed by atoms with Gasteiger partial charge in [-0.05, 0) is 49.6 Å². The van der Waals surface area contributed by atoms with Crippen LogP contribution in [0.15, 0.2) is 48.5 Å². The fourth-order valence-corrected chi connectivity index (χ4v) is 4.55. The molecule has 3 N–H and O–H groups in total. The number of nitrogens with two attached hydrogens (primary N) is 1. The van der Waals surface area contributed by atoms with Crippen molar-refractivity contribution in [3.8, 4) is 5.75 Å². The monoisotopic (exact) mass is 409 g/mol. The van der Waals surface area contributed by atoms with Gasteiger partial charge in [0.15, 0.2) is 0 Å². The van der Waals surface area contributed by atoms with Gasteiger partial charge in [-0.15, -0.1) is 0 Å². The molecule has 0 radical (unpaired) electrons. The number of nitrogens with zero attached hydrogens (tertiary/aromatic N) is 3. The summed E-state index contributed by atoms with van der Waals surface area (Å²) in [4.78, 5) is 4.80. The predicted octanol–water partition coefficient (Wildman–Crippen LogP) is 3.19. The first-order valence-corrected chi connectivity index (χ1v) is 11.1. The number of hydrogen-bond donors (Lipinski definition) is 2. The molecule has 4 rings (SSSR count). The Labute approximate surface area is 180 Å². The number of nitrogens with one attached hydrogen (secondary N) is 1. The summed E-state index contributed by atoms with van der Waals surface area (Å²) in [7, 11) is 3.93. The highest BCUT2D eigenvalue weighted by Crippen LogP contribution is 2.33. The number of piperazine rings is 1. The van der Waals surface area contributed by atoms with Crippen molar-refractivity contribution in [2.75, 3.05) is 63.8 Å². The van der Waals surface area contributed by atoms with Crippen molar-refractivity contribution < 1.29 is 4.74 Å². The normalized spacial score (nSPS) is 20.2. The summed E-state index contributed by atoms with van der Waals surface area (Å²) in [6.07, 6.45) is 2.20. The van der Waals surface area contributed by atoms with Crippen LogP contribution in [0.4, 0.5) is 11.4 Å². The van der Waals surface area contributed by atoms with Crippen molar-refractivity contribution in [3.05, 3.63) is 54.1 Å². The molecule has 2 fully saturated rings. The van der Waals surface area contributed by atoms with Crippen LogP contribution in [0.2, 0.25) is 0 Å². The van der Waals surface area contributed by atoms with Gasteiger partial charge in [-0.3, -0.25) is 0 Å². The van der Waals surface area contributed by atoms with Gasteiger partial charge in [0.25, 0.3) is 0 Å². The summed E-state index contributed by atoms with van der Waals surface area (Å²) in [6, 6.07) is 17.0. The molecule has 2 saturated heterocycles. The summed E-state index contributed by atoms with van der Waals surface area (Å²) in [5.74, 6) is 1.47. The maximum Gasteiger partial charge on any atom is 0.142 e. The lowest BCUT2D eigenvalue weighted by molar-refractivity contribution is 0.197. The number of hydrazine groups is 1. The molecule has 30 heavy (non-hydrogen) atoms. The van der Waals surface area contributed by atoms with E-state index in [0.29, 0.717) is 5.92 Å². The Hall–Kier alpha value is -2.28. The Bertz CT molecular complexity index is 798. The van der Waals surface area contributed by atoms with Gasteiger partial charge >= 0.3 is 0 Å². The molecule has 0 aliphatic carbocycles. The summed E-state index contributed by atoms with van der Waals surface area (Å²) < 4.78 is 5.64. The van der Waals surface area contributed by atoms with Crippen molar-refractivity contribution in [2.45, 2.75) is 18.9 Å². The molecule has 1 atom stereocenters. The molecule has 2 aliphatic rings. The Morgan fingerprint density at radius 2 is 1.67 bits per heavy atom. The van der Waals surface area contributed by atoms with E-state index in [1.165, 1.54) is 11.3 Å². The van der Waals surface area contributed by atoms with E-state index in [4.69, 9.17) is 10.5 Å². The maximum absolute atomic E-state index is 6.55. The highest BCUT2D eigenvalue weighted by atomic mass is 16.5. The molecule has 6 heteroatoms. The van der Waals surface area contributed by atoms with Crippen molar-refractivity contribution in [3.63, 3.8) is 0 Å². The predicted molar refractivity (Wildman–Crippen MR) is 124 cm³/mol. The van der Waals surface area contributed by atoms with E-state index in [1.54, 1.807) is 7.11 Å². The second-order valence-corrected chi connectivity index (χ2v) is 8.55. The van der Waals surface area contributed by atoms with Crippen molar-refractivity contribution in [1.82, 2.24) is 9.91 Å². The zero-order chi connectivity index (χ0) is 20.9. The van der Waals surface area contributed by atoms with E-state index in [9.17, 15) is 0 Å². The van der Waals surface area contributed by atoms with Crippen molar-refractivity contribution >= 4 is 11.4 Å². The third-order valence-electron chi connectivity index (χ3n) is 6.54. The van der Waals surface area contributed by atoms with Gasteiger partial charge < -0.3 is 25.7 Å². The molecule has 2 aromatic rings. The van der Waals surface area contributed by atoms with Crippen LogP contribution >= 0.6 is 0 Å². The van der Waals surface area contributed by atoms with Gasteiger partial charge in [0, 0.05) is 45.3 Å². The van der Waals surface area contributed by atoms with Gasteiger partial charge in [-0.25, -0.2) is 5.01 Å². The summed E-state index contributed by atoms with van der Waals surface area (Å²) in [5.41, 5.74) is 13.7. The van der Waals surface area contributed by atoms with Crippen LogP contribution in [-0.4, -0.2) is 63.3 Å². The van der Waals surface area contributed by atoms with Crippen LogP contribution in [0.25, 0.3) is 0 Å². The molecule has 0 saturated carbocycles. The Morgan fingerprint density at radius 3 is 2.33 bits per heavy atom. The first kappa shape index (κ1) is 21.0. The number of benzene rings is 2. The molecule has 0 aromatic heterocycles. The topological polar surface area (TPSA) is 57.0 Å². The van der Waals surface area contributed by atoms with Gasteiger partial charge in [0.05, 0.1) is 18.5 Å². The third-order valence-corrected chi connectivity index (χ3v) is 6.54. The second kappa shape index (κ2) is 9.69. The van der Waals surface area contributed by atoms with E-state index < -0.39 is 0 Å². The smallest absolute Gasteiger partial charge is 0.142 e. The molecule has 6 nitrogen and oxygen atoms in total. The Kier molecular flexibility index (Phi) is 6.77. The fourth-order valence-electron chi connectivity index (χ4n) is 4.55. The molecule has 2 aliphatic heterocycles. The third kappa shape index (κ3) is 4.89. The zero-order valence-electron chi connectivity index (χ0n) is 18.3. The van der Waals surface area contributed by atoms with E-state index in [2.05, 4.69) is 69.7 Å². The average molecular weight is 410 g/mol. The molecule has 0 spiro atoms. The minimum absolute atomic E-state index is 0.123. The summed E-state index contributed by atoms with van der Waals surface area (Å²) in [5, 5.41) is 2.32. The lowest BCUT2D eigenvalue weighted by Crippen LogP contribution is -2.44. The zero-order valence-corrected chi connectivity index (χ0v) is 18.3. The standard InChI is InChI=1S/C24H35N5O/c1-27-14-16-28(17-15-27)22-18-21(8-9-23(22)30-2)26-29-12-10-20(11-13-29)24(25)19-6-4-3-5-7-19/h3-9,18,20,24,26H,10-17,25H2,1-2H3. The molecule has 2 heterocycles. The number of likely N-dealkylation sites (N-methyl/N-ethyl adjacent to an activating group) is 1. The Morgan fingerprint density at radius 1 is 0.967 bits per heavy atom. The van der Waals surface area contributed by atoms with Crippen LogP contribution in [0.3, 0.4) is 0 Å². The molecular formula is C24H35N5O. The largest absolute Gasteiger partial charge is 0.495 e. The van der Waals surface area contributed by atoms with Gasteiger partial charge in [0.2, 0.25) is 0 Å². The van der Waals surface area contributed by atoms with Gasteiger partial charge in [0.1, 0.15) is 5.75 Å². The molecular weight excluding hydrogens is 374 g/mol. The molecule has 2 aromatic carbocycles. The van der Waals surface area contributed by atoms with Crippen LogP contribution in [0.5, 0.6) is 5.75 Å². The highest BCUT2D eigenvalue weighted by Gasteiger charge is 2.25. The molecule has 162 valence electrons. The number of piperidine rings is 1. The minimum Gasteiger partial charge on any atom is -0.495 e. The SMILES string of the molecule is COc1ccc(NN2CCC(C(N)c3ccccc3)CC2)cc1N1CCN(C)CC1. The quantitative estimate of drug-likeness (QED) is 0.764. The van der Waals surface area contributed by atoms with Gasteiger partial charge in [-0.2, -0.15) is 0 Å². The number of ether oxygens (including phenoxy) is 1. The fraction of sp³-hybridized carbons (Fsp3) is 0.500. The number of rotatable bonds is 6. The van der Waals surface area contributed by atoms with Crippen LogP contribution in [0.1, 0.15) is 24.4 Å². The van der Waals surface area contributed by atoms with Crippen LogP contribution in [-0.2, 0) is 0 Å².